The van der Waals surface area contributed by atoms with Gasteiger partial charge in [0.1, 0.15) is 6.04 Å². The summed E-state index contributed by atoms with van der Waals surface area (Å²) in [5, 5.41) is 50.8. The third-order valence-corrected chi connectivity index (χ3v) is 54.7. The van der Waals surface area contributed by atoms with Crippen LogP contribution in [0, 0.1) is 73.6 Å². The van der Waals surface area contributed by atoms with Crippen molar-refractivity contribution in [3.05, 3.63) is 129 Å². The normalized spacial score (nSPS) is 39.6. The van der Waals surface area contributed by atoms with Crippen molar-refractivity contribution < 1.29 is 105 Å². The number of nitriles is 4. The van der Waals surface area contributed by atoms with Crippen molar-refractivity contribution in [2.24, 2.45) is 21.7 Å². The fourth-order valence-corrected chi connectivity index (χ4v) is 44.5. The van der Waals surface area contributed by atoms with E-state index in [0.29, 0.717) is 113 Å². The van der Waals surface area contributed by atoms with E-state index in [2.05, 4.69) is 50.0 Å². The molecule has 22 aliphatic heterocycles. The molecule has 145 heavy (non-hydrogen) atoms. The van der Waals surface area contributed by atoms with Crippen molar-refractivity contribution >= 4 is 179 Å². The molecule has 49 heteroatoms. The van der Waals surface area contributed by atoms with E-state index in [-0.39, 0.29) is 132 Å². The second-order valence-corrected chi connectivity index (χ2v) is 56.5. The highest BCUT2D eigenvalue weighted by Crippen LogP contribution is 2.74. The first-order valence-electron chi connectivity index (χ1n) is 46.5. The summed E-state index contributed by atoms with van der Waals surface area (Å²) in [6.07, 6.45) is 1.75. The van der Waals surface area contributed by atoms with Gasteiger partial charge in [-0.1, -0.05) is 97.1 Å². The van der Waals surface area contributed by atoms with Crippen LogP contribution in [0.15, 0.2) is 89.4 Å². The molecule has 0 aromatic heterocycles. The fraction of sp³-hybridized carbons (Fsp3) is 0.531. The first-order valence-corrected chi connectivity index (χ1v) is 58.1. The molecule has 0 saturated carbocycles. The van der Waals surface area contributed by atoms with Crippen molar-refractivity contribution in [3.8, 4) is 81.8 Å². The largest absolute Gasteiger partial charge is 0.454 e. The number of rotatable bonds is 10. The van der Waals surface area contributed by atoms with Crippen molar-refractivity contribution in [2.45, 2.75) is 185 Å². The SMILES string of the molecule is CC[C@@]12SS[C@@]3(C[C@](C)(C#N)[C@H](c4ccc5c(c4)OCO5)N3C1=O)C(=O)N2C.CN1C(=O)[C@@]23C[C@@](C#N)(CCO)[C@H](c4ccc5c(c4)OCO5)N2C(=O)[C@]1(C)S3=S.CN1C(=O)[C@@]23C[C@@](C#N)(CN4CCOCC4)[C@H](c4ccc5c(c4)OCO5)N2C(=O)[C@@]1(C)S3=S.CN1C(=O)[C@@]23C[C@](C)(C#N)[C@H](c4ccc5c(c4)OCO5)N2C(=O)[C@]1(C)S3=S.[C-]#[N+][C@@]1(C)C[C@]23C(=O)N(C)[C@](C)(C(=O)N2C1c1cc2c(cc1Br)OCO2)S3=S. The minimum absolute atomic E-state index is 0.0949. The molecule has 10 amide bonds. The highest BCUT2D eigenvalue weighted by atomic mass is 79.9. The van der Waals surface area contributed by atoms with Gasteiger partial charge in [0.25, 0.3) is 64.6 Å². The quantitative estimate of drug-likeness (QED) is 0.106. The van der Waals surface area contributed by atoms with Crippen molar-refractivity contribution in [2.75, 3.05) is 109 Å². The van der Waals surface area contributed by atoms with Crippen LogP contribution in [0.4, 0.5) is 0 Å². The van der Waals surface area contributed by atoms with Crippen LogP contribution in [-0.2, 0) is 135 Å². The molecule has 5 spiro atoms. The maximum atomic E-state index is 13.9. The third kappa shape index (κ3) is 12.1. The Morgan fingerprint density at radius 3 is 1.14 bits per heavy atom. The van der Waals surface area contributed by atoms with E-state index in [9.17, 15) is 74.1 Å². The van der Waals surface area contributed by atoms with E-state index in [1.165, 1.54) is 41.2 Å². The first-order chi connectivity index (χ1) is 68.7. The number of likely N-dealkylation sites (N-methyl/N-ethyl adjacent to an activating group) is 5. The number of amides is 10. The lowest BCUT2D eigenvalue weighted by Crippen LogP contribution is -2.74. The molecule has 1 N–H and O–H groups in total. The lowest BCUT2D eigenvalue weighted by molar-refractivity contribution is -0.165. The molecule has 22 aliphatic rings. The summed E-state index contributed by atoms with van der Waals surface area (Å²) in [5.74, 6) is 4.28. The lowest BCUT2D eigenvalue weighted by Gasteiger charge is -2.58. The Balaban J connectivity index is 0.000000103. The van der Waals surface area contributed by atoms with E-state index in [1.807, 2.05) is 50.2 Å². The number of carbonyl (C=O) groups excluding carboxylic acids is 10. The summed E-state index contributed by atoms with van der Waals surface area (Å²) in [4.78, 5) is 146. The monoisotopic (exact) mass is 2220 g/mol. The number of halogens is 1. The third-order valence-electron chi connectivity index (χ3n) is 33.8. The van der Waals surface area contributed by atoms with Crippen LogP contribution < -0.4 is 47.4 Å². The number of fused-ring (bicyclic) bond motifs is 11. The lowest BCUT2D eigenvalue weighted by atomic mass is 9.75. The van der Waals surface area contributed by atoms with E-state index >= 15 is 0 Å². The molecule has 0 radical (unpaired) electrons. The van der Waals surface area contributed by atoms with E-state index in [4.69, 9.17) is 103 Å². The van der Waals surface area contributed by atoms with Gasteiger partial charge in [0.2, 0.25) is 34.0 Å². The number of morpholine rings is 1. The number of piperazine rings is 5. The van der Waals surface area contributed by atoms with Crippen LogP contribution in [-0.4, -0.2) is 281 Å². The Bertz CT molecular complexity index is 7130. The van der Waals surface area contributed by atoms with Crippen LogP contribution in [0.5, 0.6) is 57.5 Å². The number of benzene rings is 5. The van der Waals surface area contributed by atoms with Gasteiger partial charge in [-0.3, -0.25) is 52.8 Å². The minimum atomic E-state index is -1.23. The summed E-state index contributed by atoms with van der Waals surface area (Å²) in [6, 6.07) is 32.0. The Hall–Kier alpha value is -10.4. The molecule has 24 atom stereocenters. The maximum Gasteiger partial charge on any atom is 0.262 e. The highest BCUT2D eigenvalue weighted by molar-refractivity contribution is 9.10. The van der Waals surface area contributed by atoms with Crippen molar-refractivity contribution in [3.63, 3.8) is 0 Å². The molecule has 5 aromatic carbocycles. The average Bonchev–Trinajstić information content (AvgIpc) is 1.39. The molecule has 10 bridgehead atoms. The molecule has 758 valence electrons. The van der Waals surface area contributed by atoms with Gasteiger partial charge in [-0.2, -0.15) is 21.0 Å². The van der Waals surface area contributed by atoms with Gasteiger partial charge in [-0.15, -0.1) is 0 Å². The molecule has 5 unspecified atom stereocenters. The Morgan fingerprint density at radius 2 is 0.752 bits per heavy atom. The maximum absolute atomic E-state index is 13.9. The number of nitrogens with zero attached hydrogens (tertiary/aromatic N) is 16. The van der Waals surface area contributed by atoms with Gasteiger partial charge >= 0.3 is 0 Å². The van der Waals surface area contributed by atoms with Gasteiger partial charge in [0.05, 0.1) is 89.7 Å². The molecule has 38 nitrogen and oxygen atoms in total. The molecule has 5 aromatic rings. The van der Waals surface area contributed by atoms with Crippen LogP contribution in [0.2, 0.25) is 0 Å². The molecule has 27 rings (SSSR count). The Morgan fingerprint density at radius 1 is 0.414 bits per heavy atom. The number of hydrogen-bond acceptors (Lipinski definition) is 33. The van der Waals surface area contributed by atoms with Gasteiger partial charge < -0.3 is 111 Å². The Kier molecular flexibility index (Phi) is 22.4. The highest BCUT2D eigenvalue weighted by Gasteiger charge is 2.87. The summed E-state index contributed by atoms with van der Waals surface area (Å²) < 4.78 is 60.8. The smallest absolute Gasteiger partial charge is 0.262 e. The molecule has 17 fully saturated rings. The number of aliphatic hydroxyl groups is 1. The van der Waals surface area contributed by atoms with Gasteiger partial charge in [-0.25, -0.2) is 6.57 Å². The number of ether oxygens (including phenoxy) is 11. The summed E-state index contributed by atoms with van der Waals surface area (Å²) in [6.45, 7) is 25.7. The molecular weight excluding hydrogens is 2130 g/mol. The second-order valence-electron chi connectivity index (χ2n) is 40.9. The Labute approximate surface area is 877 Å². The molecular formula is C96H95BrN16O22S10. The van der Waals surface area contributed by atoms with Gasteiger partial charge in [0.15, 0.2) is 106 Å². The van der Waals surface area contributed by atoms with Gasteiger partial charge in [0, 0.05) is 104 Å². The van der Waals surface area contributed by atoms with Crippen LogP contribution in [0.3, 0.4) is 0 Å². The topological polar surface area (TPSA) is 428 Å². The zero-order valence-electron chi connectivity index (χ0n) is 80.3. The standard InChI is InChI=1S/C22H24N4O5S2.C19H19N3O5S2.C19H19N3O4S2.C18H16BrN3O4S2.C18H17N3O4S2/c1-20-18(27)26-17(14-3-4-15-16(9-14)31-13-30-15)21(11-23,12-25-5-7-29-8-6-25)10-22(26,33(20)32)19(28)24(20)2;1-17-15(24)22-14(11-3-4-12-13(7-11)27-10-26-12)18(9-20,5-6-23)8-19(22,29(17)28)16(25)21(17)2;1-4-18-16(24)22-14(11-5-6-12-13(7-11)26-10-25-12)17(2,9-20)8-19(22,28-27-18)15(23)21(18)3;1-16(20-3)7-18-15(24)21(4)17(2,28(18)27)14(23)22(18)13(16)9-5-11-12(6-10(9)19)26-8-25-11;1-16(8-19)7-18-15(23)20(3)17(2,27(18)26)14(22)21(18)13(16)10-4-5-11-12(6-10)25-9-24-11/h3-4,9,17H,5-8,10,12-13H2,1-2H3;3-4,7,14,23H,5-6,8,10H2,1-2H3;5-7,14H,4,8,10H2,1-3H3;5-6,13H,7-8H2,1-2,4H3;4-6,13H,7,9H2,1-3H3/t17-,20+,21+,22-,33?;14-,17-,18+,19-,29?;14-,17+,18+,19-;13?,16-,17-,18-,28?;13-,16+,17-,18-,27?/m00000/s1. The van der Waals surface area contributed by atoms with E-state index in [1.54, 1.807) is 155 Å². The van der Waals surface area contributed by atoms with Crippen LogP contribution in [0.25, 0.3) is 4.85 Å². The zero-order chi connectivity index (χ0) is 103. The van der Waals surface area contributed by atoms with Crippen molar-refractivity contribution in [1.29, 1.82) is 21.0 Å². The number of aliphatic hydroxyl groups excluding tert-OH is 1. The second kappa shape index (κ2) is 32.8. The predicted molar refractivity (Wildman–Crippen MR) is 537 cm³/mol. The van der Waals surface area contributed by atoms with Gasteiger partial charge in [-0.05, 0) is 192 Å². The summed E-state index contributed by atoms with van der Waals surface area (Å²) >= 11 is 26.8. The number of carbonyl (C=O) groups is 10. The predicted octanol–water partition coefficient (Wildman–Crippen LogP) is 7.26. The number of hydrogen-bond donors (Lipinski definition) is 1. The average molecular weight is 2230 g/mol. The minimum Gasteiger partial charge on any atom is -0.454 e. The summed E-state index contributed by atoms with van der Waals surface area (Å²) in [7, 11) is 7.19. The van der Waals surface area contributed by atoms with Crippen LogP contribution in [0.1, 0.15) is 158 Å². The fourth-order valence-electron chi connectivity index (χ4n) is 26.1. The molecule has 0 aliphatic carbocycles. The van der Waals surface area contributed by atoms with E-state index in [0.717, 1.165) is 22.3 Å². The zero-order valence-corrected chi connectivity index (χ0v) is 90.1. The van der Waals surface area contributed by atoms with E-state index < -0.39 is 144 Å². The summed E-state index contributed by atoms with van der Waals surface area (Å²) in [5.41, 5.74) is -1.25. The first kappa shape index (κ1) is 99.2. The van der Waals surface area contributed by atoms with Crippen LogP contribution >= 0.6 is 37.5 Å². The molecule has 22 heterocycles. The molecule has 17 saturated heterocycles. The van der Waals surface area contributed by atoms with Crippen molar-refractivity contribution in [1.82, 2.24) is 53.9 Å².